The first-order chi connectivity index (χ1) is 18.3. The maximum atomic E-state index is 2.45. The molecule has 0 aromatic heterocycles. The normalized spacial score (nSPS) is 11.3. The van der Waals surface area contributed by atoms with E-state index >= 15 is 0 Å². The van der Waals surface area contributed by atoms with Gasteiger partial charge in [0.1, 0.15) is 0 Å². The second-order valence-corrected chi connectivity index (χ2v) is 12.0. The quantitative estimate of drug-likeness (QED) is 0.101. The molecular weight excluding hydrogens is 446 g/mol. The van der Waals surface area contributed by atoms with E-state index in [4.69, 9.17) is 0 Å². The van der Waals surface area contributed by atoms with Crippen LogP contribution in [0.5, 0.6) is 0 Å². The molecule has 216 valence electrons. The minimum absolute atomic E-state index is 1.19. The van der Waals surface area contributed by atoms with E-state index in [-0.39, 0.29) is 0 Å². The molecule has 0 fully saturated rings. The maximum absolute atomic E-state index is 2.45. The van der Waals surface area contributed by atoms with E-state index in [1.165, 1.54) is 185 Å². The number of rotatable bonds is 28. The van der Waals surface area contributed by atoms with Crippen molar-refractivity contribution in [2.24, 2.45) is 0 Å². The third-order valence-electron chi connectivity index (χ3n) is 8.29. The number of anilines is 1. The Morgan fingerprint density at radius 1 is 0.405 bits per heavy atom. The molecule has 1 aromatic carbocycles. The molecule has 37 heavy (non-hydrogen) atoms. The van der Waals surface area contributed by atoms with Crippen molar-refractivity contribution < 1.29 is 0 Å². The van der Waals surface area contributed by atoms with Crippen LogP contribution in [0, 0.1) is 0 Å². The van der Waals surface area contributed by atoms with Crippen molar-refractivity contribution in [1.82, 2.24) is 0 Å². The van der Waals surface area contributed by atoms with Crippen LogP contribution in [-0.2, 0) is 6.42 Å². The summed E-state index contributed by atoms with van der Waals surface area (Å²) in [4.78, 5) is 2.45. The summed E-state index contributed by atoms with van der Waals surface area (Å²) in [5.41, 5.74) is 2.90. The first kappa shape index (κ1) is 34.0. The van der Waals surface area contributed by atoms with Crippen molar-refractivity contribution in [3.8, 4) is 0 Å². The molecule has 0 unspecified atom stereocenters. The highest BCUT2D eigenvalue weighted by molar-refractivity contribution is 5.46. The minimum atomic E-state index is 1.19. The molecule has 0 saturated heterocycles. The Balaban J connectivity index is 1.90. The van der Waals surface area contributed by atoms with Crippen LogP contribution in [0.25, 0.3) is 0 Å². The molecule has 1 rings (SSSR count). The van der Waals surface area contributed by atoms with Crippen LogP contribution < -0.4 is 4.90 Å². The molecule has 0 aliphatic rings. The average molecular weight is 514 g/mol. The van der Waals surface area contributed by atoms with Crippen molar-refractivity contribution >= 4 is 5.69 Å². The third-order valence-corrected chi connectivity index (χ3v) is 8.29. The fourth-order valence-corrected chi connectivity index (χ4v) is 5.58. The zero-order chi connectivity index (χ0) is 26.7. The molecule has 0 aliphatic carbocycles. The molecule has 0 aliphatic heterocycles. The van der Waals surface area contributed by atoms with E-state index in [9.17, 15) is 0 Å². The first-order valence-electron chi connectivity index (χ1n) is 17.1. The fourth-order valence-electron chi connectivity index (χ4n) is 5.58. The van der Waals surface area contributed by atoms with Crippen LogP contribution in [0.1, 0.15) is 180 Å². The Hall–Kier alpha value is -0.980. The van der Waals surface area contributed by atoms with Gasteiger partial charge in [0, 0.05) is 19.3 Å². The zero-order valence-electron chi connectivity index (χ0n) is 25.8. The molecule has 1 nitrogen and oxygen atoms in total. The van der Waals surface area contributed by atoms with Gasteiger partial charge in [-0.25, -0.2) is 0 Å². The summed E-state index contributed by atoms with van der Waals surface area (Å²) in [6.45, 7) is 5.79. The van der Waals surface area contributed by atoms with Gasteiger partial charge in [-0.1, -0.05) is 174 Å². The number of hydrogen-bond acceptors (Lipinski definition) is 1. The predicted octanol–water partition coefficient (Wildman–Crippen LogP) is 12.5. The molecular formula is C36H67N. The molecule has 0 saturated carbocycles. The van der Waals surface area contributed by atoms with E-state index in [2.05, 4.69) is 50.1 Å². The predicted molar refractivity (Wildman–Crippen MR) is 170 cm³/mol. The number of unbranched alkanes of at least 4 members (excludes halogenated alkanes) is 23. The molecule has 0 amide bonds. The van der Waals surface area contributed by atoms with Crippen molar-refractivity contribution in [2.45, 2.75) is 181 Å². The van der Waals surface area contributed by atoms with E-state index in [1.54, 1.807) is 0 Å². The highest BCUT2D eigenvalue weighted by atomic mass is 15.1. The first-order valence-corrected chi connectivity index (χ1v) is 17.1. The van der Waals surface area contributed by atoms with Gasteiger partial charge in [-0.3, -0.25) is 0 Å². The van der Waals surface area contributed by atoms with E-state index in [0.717, 1.165) is 0 Å². The standard InChI is InChI=1S/C36H67N/c1-4-6-8-10-12-14-15-16-17-18-19-20-22-24-26-28-34-37(3)36-32-30-35(31-33-36)29-27-25-23-21-13-11-9-7-5-2/h30-33H,4-29,34H2,1-3H3. The largest absolute Gasteiger partial charge is 0.375 e. The lowest BCUT2D eigenvalue weighted by Gasteiger charge is -2.19. The molecule has 1 aromatic rings. The molecule has 0 heterocycles. The van der Waals surface area contributed by atoms with Crippen LogP contribution in [0.2, 0.25) is 0 Å². The number of nitrogens with zero attached hydrogens (tertiary/aromatic N) is 1. The van der Waals surface area contributed by atoms with Gasteiger partial charge in [0.15, 0.2) is 0 Å². The molecule has 0 spiro atoms. The summed E-state index contributed by atoms with van der Waals surface area (Å²) in [5.74, 6) is 0. The highest BCUT2D eigenvalue weighted by Gasteiger charge is 2.02. The van der Waals surface area contributed by atoms with Gasteiger partial charge >= 0.3 is 0 Å². The molecule has 0 atom stereocenters. The van der Waals surface area contributed by atoms with Gasteiger partial charge in [-0.2, -0.15) is 0 Å². The zero-order valence-corrected chi connectivity index (χ0v) is 25.8. The Labute approximate surface area is 234 Å². The van der Waals surface area contributed by atoms with E-state index in [1.807, 2.05) is 0 Å². The SMILES string of the molecule is CCCCCCCCCCCCCCCCCCN(C)c1ccc(CCCCCCCCCCC)cc1. The van der Waals surface area contributed by atoms with E-state index in [0.29, 0.717) is 0 Å². The summed E-state index contributed by atoms with van der Waals surface area (Å²) in [5, 5.41) is 0. The van der Waals surface area contributed by atoms with Crippen LogP contribution in [0.4, 0.5) is 5.69 Å². The summed E-state index contributed by atoms with van der Waals surface area (Å²) in [6, 6.07) is 9.42. The van der Waals surface area contributed by atoms with Crippen LogP contribution in [0.15, 0.2) is 24.3 Å². The summed E-state index contributed by atoms with van der Waals surface area (Å²) >= 11 is 0. The van der Waals surface area contributed by atoms with Crippen molar-refractivity contribution in [3.63, 3.8) is 0 Å². The van der Waals surface area contributed by atoms with Crippen molar-refractivity contribution in [2.75, 3.05) is 18.5 Å². The van der Waals surface area contributed by atoms with Gasteiger partial charge in [-0.15, -0.1) is 0 Å². The van der Waals surface area contributed by atoms with E-state index < -0.39 is 0 Å². The molecule has 1 heteroatoms. The fraction of sp³-hybridized carbons (Fsp3) is 0.833. The highest BCUT2D eigenvalue weighted by Crippen LogP contribution is 2.18. The topological polar surface area (TPSA) is 3.24 Å². The Bertz CT molecular complexity index is 563. The van der Waals surface area contributed by atoms with Crippen LogP contribution in [-0.4, -0.2) is 13.6 Å². The minimum Gasteiger partial charge on any atom is -0.375 e. The van der Waals surface area contributed by atoms with Crippen molar-refractivity contribution in [3.05, 3.63) is 29.8 Å². The monoisotopic (exact) mass is 514 g/mol. The summed E-state index contributed by atoms with van der Waals surface area (Å²) in [7, 11) is 2.26. The van der Waals surface area contributed by atoms with Crippen LogP contribution >= 0.6 is 0 Å². The second kappa shape index (κ2) is 26.6. The maximum Gasteiger partial charge on any atom is 0.0363 e. The van der Waals surface area contributed by atoms with Crippen molar-refractivity contribution in [1.29, 1.82) is 0 Å². The number of aryl methyl sites for hydroxylation is 1. The average Bonchev–Trinajstić information content (AvgIpc) is 2.92. The molecule has 0 radical (unpaired) electrons. The lowest BCUT2D eigenvalue weighted by molar-refractivity contribution is 0.529. The van der Waals surface area contributed by atoms with Gasteiger partial charge in [-0.05, 0) is 37.0 Å². The Morgan fingerprint density at radius 2 is 0.730 bits per heavy atom. The smallest absolute Gasteiger partial charge is 0.0363 e. The lowest BCUT2D eigenvalue weighted by atomic mass is 10.0. The van der Waals surface area contributed by atoms with Gasteiger partial charge in [0.2, 0.25) is 0 Å². The van der Waals surface area contributed by atoms with Gasteiger partial charge in [0.25, 0.3) is 0 Å². The lowest BCUT2D eigenvalue weighted by Crippen LogP contribution is -2.18. The number of hydrogen-bond donors (Lipinski definition) is 0. The van der Waals surface area contributed by atoms with Gasteiger partial charge in [0.05, 0.1) is 0 Å². The van der Waals surface area contributed by atoms with Gasteiger partial charge < -0.3 is 4.90 Å². The number of benzene rings is 1. The summed E-state index contributed by atoms with van der Waals surface area (Å²) < 4.78 is 0. The molecule has 0 N–H and O–H groups in total. The Kier molecular flexibility index (Phi) is 24.5. The second-order valence-electron chi connectivity index (χ2n) is 12.0. The molecule has 0 bridgehead atoms. The Morgan fingerprint density at radius 3 is 1.11 bits per heavy atom. The third kappa shape index (κ3) is 21.6. The summed E-state index contributed by atoms with van der Waals surface area (Å²) in [6.07, 6.45) is 37.0. The van der Waals surface area contributed by atoms with Crippen LogP contribution in [0.3, 0.4) is 0 Å².